The van der Waals surface area contributed by atoms with Crippen molar-refractivity contribution in [2.75, 3.05) is 44.1 Å². The molecule has 0 spiro atoms. The van der Waals surface area contributed by atoms with E-state index in [0.29, 0.717) is 10.2 Å². The molecule has 1 amide bonds. The van der Waals surface area contributed by atoms with Crippen molar-refractivity contribution in [3.63, 3.8) is 0 Å². The summed E-state index contributed by atoms with van der Waals surface area (Å²) in [5, 5.41) is 2.91. The molecule has 0 aromatic heterocycles. The van der Waals surface area contributed by atoms with Gasteiger partial charge in [0.1, 0.15) is 4.90 Å². The van der Waals surface area contributed by atoms with Gasteiger partial charge in [0.25, 0.3) is 15.9 Å². The number of carbonyl (C=O) groups excluding carboxylic acids is 1. The molecule has 168 valence electrons. The van der Waals surface area contributed by atoms with Gasteiger partial charge in [-0.05, 0) is 42.3 Å². The minimum absolute atomic E-state index is 0.0123. The summed E-state index contributed by atoms with van der Waals surface area (Å²) < 4.78 is 25.9. The van der Waals surface area contributed by atoms with Crippen molar-refractivity contribution in [1.29, 1.82) is 0 Å². The van der Waals surface area contributed by atoms with Crippen molar-refractivity contribution >= 4 is 45.0 Å². The minimum Gasteiger partial charge on any atom is -0.322 e. The van der Waals surface area contributed by atoms with Crippen LogP contribution in [-0.4, -0.2) is 62.4 Å². The quantitative estimate of drug-likeness (QED) is 0.606. The van der Waals surface area contributed by atoms with Crippen LogP contribution in [-0.2, 0) is 21.4 Å². The molecule has 0 aliphatic carbocycles. The summed E-state index contributed by atoms with van der Waals surface area (Å²) in [5.41, 5.74) is 2.92. The Morgan fingerprint density at radius 3 is 2.61 bits per heavy atom. The first kappa shape index (κ1) is 24.0. The Labute approximate surface area is 192 Å². The van der Waals surface area contributed by atoms with Gasteiger partial charge in [-0.1, -0.05) is 28.2 Å². The van der Waals surface area contributed by atoms with Crippen LogP contribution in [0.25, 0.3) is 0 Å². The molecule has 2 aromatic carbocycles. The molecule has 7 nitrogen and oxygen atoms in total. The molecule has 10 heteroatoms. The maximum atomic E-state index is 12.9. The number of carbonyl (C=O) groups is 1. The first-order valence-electron chi connectivity index (χ1n) is 9.76. The number of sulfonamides is 1. The molecule has 1 aliphatic rings. The van der Waals surface area contributed by atoms with E-state index in [2.05, 4.69) is 16.3 Å². The number of hydroxylamine groups is 1. The summed E-state index contributed by atoms with van der Waals surface area (Å²) in [6.45, 7) is 4.86. The van der Waals surface area contributed by atoms with Crippen LogP contribution in [0.15, 0.2) is 41.3 Å². The van der Waals surface area contributed by atoms with Crippen molar-refractivity contribution in [3.05, 3.63) is 58.1 Å². The molecule has 1 saturated heterocycles. The molecule has 1 fully saturated rings. The van der Waals surface area contributed by atoms with E-state index >= 15 is 0 Å². The van der Waals surface area contributed by atoms with Gasteiger partial charge in [-0.15, -0.1) is 0 Å². The molecule has 0 saturated carbocycles. The third kappa shape index (κ3) is 5.79. The molecule has 3 rings (SSSR count). The molecule has 1 N–H and O–H groups in total. The Bertz CT molecular complexity index is 1060. The van der Waals surface area contributed by atoms with Crippen LogP contribution in [0.2, 0.25) is 5.02 Å². The maximum Gasteiger partial charge on any atom is 0.266 e. The summed E-state index contributed by atoms with van der Waals surface area (Å²) in [6.07, 6.45) is 0. The van der Waals surface area contributed by atoms with Crippen LogP contribution in [0, 0.1) is 6.92 Å². The standard InChI is InChI=1S/C21H26ClN3O4S2/c1-15-4-5-16(14-25-8-10-30-11-9-25)12-19(15)23-21(26)17-6-7-18(22)20(13-17)31(27,28)24(2)29-3/h4-7,12-13H,8-11,14H2,1-3H3,(H,23,26). The largest absolute Gasteiger partial charge is 0.322 e. The maximum absolute atomic E-state index is 12.9. The topological polar surface area (TPSA) is 78.9 Å². The highest BCUT2D eigenvalue weighted by molar-refractivity contribution is 7.99. The number of hydrogen-bond acceptors (Lipinski definition) is 6. The van der Waals surface area contributed by atoms with Gasteiger partial charge in [-0.25, -0.2) is 8.42 Å². The van der Waals surface area contributed by atoms with Gasteiger partial charge in [0.15, 0.2) is 0 Å². The number of benzene rings is 2. The summed E-state index contributed by atoms with van der Waals surface area (Å²) in [4.78, 5) is 19.9. The number of nitrogens with one attached hydrogen (secondary N) is 1. The fraction of sp³-hybridized carbons (Fsp3) is 0.381. The Kier molecular flexibility index (Phi) is 8.01. The summed E-state index contributed by atoms with van der Waals surface area (Å²) >= 11 is 8.05. The number of halogens is 1. The van der Waals surface area contributed by atoms with Crippen LogP contribution < -0.4 is 5.32 Å². The fourth-order valence-electron chi connectivity index (χ4n) is 3.19. The highest BCUT2D eigenvalue weighted by Gasteiger charge is 2.25. The molecule has 31 heavy (non-hydrogen) atoms. The highest BCUT2D eigenvalue weighted by atomic mass is 35.5. The lowest BCUT2D eigenvalue weighted by Gasteiger charge is -2.26. The van der Waals surface area contributed by atoms with Gasteiger partial charge in [-0.3, -0.25) is 14.5 Å². The normalized spacial score (nSPS) is 15.3. The summed E-state index contributed by atoms with van der Waals surface area (Å²) in [7, 11) is -1.49. The SMILES string of the molecule is CON(C)S(=O)(=O)c1cc(C(=O)Nc2cc(CN3CCSCC3)ccc2C)ccc1Cl. The van der Waals surface area contributed by atoms with Crippen molar-refractivity contribution < 1.29 is 18.0 Å². The Balaban J connectivity index is 1.81. The number of anilines is 1. The van der Waals surface area contributed by atoms with E-state index in [1.165, 1.54) is 32.4 Å². The van der Waals surface area contributed by atoms with Crippen LogP contribution in [0.1, 0.15) is 21.5 Å². The van der Waals surface area contributed by atoms with Crippen LogP contribution in [0.4, 0.5) is 5.69 Å². The summed E-state index contributed by atoms with van der Waals surface area (Å²) in [6, 6.07) is 10.2. The number of thioether (sulfide) groups is 1. The predicted octanol–water partition coefficient (Wildman–Crippen LogP) is 3.63. The van der Waals surface area contributed by atoms with Crippen LogP contribution in [0.5, 0.6) is 0 Å². The molecule has 0 unspecified atom stereocenters. The van der Waals surface area contributed by atoms with E-state index in [0.717, 1.165) is 42.3 Å². The predicted molar refractivity (Wildman–Crippen MR) is 125 cm³/mol. The van der Waals surface area contributed by atoms with Gasteiger partial charge in [0.2, 0.25) is 0 Å². The second-order valence-corrected chi connectivity index (χ2v) is 10.8. The number of amides is 1. The van der Waals surface area contributed by atoms with Gasteiger partial charge >= 0.3 is 0 Å². The fourth-order valence-corrected chi connectivity index (χ4v) is 5.65. The van der Waals surface area contributed by atoms with E-state index in [4.69, 9.17) is 16.4 Å². The average molecular weight is 484 g/mol. The first-order chi connectivity index (χ1) is 14.7. The van der Waals surface area contributed by atoms with E-state index in [1.807, 2.05) is 30.8 Å². The smallest absolute Gasteiger partial charge is 0.266 e. The number of hydrogen-bond donors (Lipinski definition) is 1. The zero-order chi connectivity index (χ0) is 22.6. The number of aryl methyl sites for hydroxylation is 1. The van der Waals surface area contributed by atoms with E-state index in [-0.39, 0.29) is 15.5 Å². The Morgan fingerprint density at radius 2 is 1.94 bits per heavy atom. The van der Waals surface area contributed by atoms with Crippen molar-refractivity contribution in [1.82, 2.24) is 9.37 Å². The third-order valence-corrected chi connectivity index (χ3v) is 8.23. The average Bonchev–Trinajstić information content (AvgIpc) is 2.76. The molecule has 0 atom stereocenters. The number of nitrogens with zero attached hydrogens (tertiary/aromatic N) is 2. The van der Waals surface area contributed by atoms with E-state index in [1.54, 1.807) is 0 Å². The van der Waals surface area contributed by atoms with Crippen molar-refractivity contribution in [3.8, 4) is 0 Å². The lowest BCUT2D eigenvalue weighted by molar-refractivity contribution is -0.0258. The molecule has 0 bridgehead atoms. The third-order valence-electron chi connectivity index (χ3n) is 5.13. The molecule has 2 aromatic rings. The lowest BCUT2D eigenvalue weighted by atomic mass is 10.1. The molecular weight excluding hydrogens is 458 g/mol. The second kappa shape index (κ2) is 10.3. The van der Waals surface area contributed by atoms with E-state index in [9.17, 15) is 13.2 Å². The highest BCUT2D eigenvalue weighted by Crippen LogP contribution is 2.26. The zero-order valence-electron chi connectivity index (χ0n) is 17.7. The second-order valence-electron chi connectivity index (χ2n) is 7.23. The van der Waals surface area contributed by atoms with Crippen LogP contribution >= 0.6 is 23.4 Å². The summed E-state index contributed by atoms with van der Waals surface area (Å²) in [5.74, 6) is 1.85. The monoisotopic (exact) mass is 483 g/mol. The van der Waals surface area contributed by atoms with Crippen molar-refractivity contribution in [2.45, 2.75) is 18.4 Å². The van der Waals surface area contributed by atoms with Crippen LogP contribution in [0.3, 0.4) is 0 Å². The minimum atomic E-state index is -3.99. The van der Waals surface area contributed by atoms with Gasteiger partial charge < -0.3 is 5.32 Å². The Morgan fingerprint density at radius 1 is 1.23 bits per heavy atom. The first-order valence-corrected chi connectivity index (χ1v) is 12.7. The zero-order valence-corrected chi connectivity index (χ0v) is 20.1. The van der Waals surface area contributed by atoms with Gasteiger partial charge in [0, 0.05) is 49.4 Å². The number of rotatable bonds is 7. The molecular formula is C21H26ClN3O4S2. The van der Waals surface area contributed by atoms with Gasteiger partial charge in [0.05, 0.1) is 12.1 Å². The van der Waals surface area contributed by atoms with Gasteiger partial charge in [-0.2, -0.15) is 11.8 Å². The van der Waals surface area contributed by atoms with E-state index < -0.39 is 15.9 Å². The van der Waals surface area contributed by atoms with Crippen molar-refractivity contribution in [2.24, 2.45) is 0 Å². The molecule has 1 heterocycles. The molecule has 1 aliphatic heterocycles. The Hall–Kier alpha value is -1.62. The molecule has 0 radical (unpaired) electrons. The lowest BCUT2D eigenvalue weighted by Crippen LogP contribution is -2.32.